The van der Waals surface area contributed by atoms with Crippen molar-refractivity contribution in [2.45, 2.75) is 6.54 Å². The van der Waals surface area contributed by atoms with Crippen LogP contribution in [0.25, 0.3) is 28.1 Å². The summed E-state index contributed by atoms with van der Waals surface area (Å²) in [6.07, 6.45) is 8.92. The highest BCUT2D eigenvalue weighted by molar-refractivity contribution is 5.89. The number of fused-ring (bicyclic) bond motifs is 7. The van der Waals surface area contributed by atoms with E-state index in [1.807, 2.05) is 33.5 Å². The summed E-state index contributed by atoms with van der Waals surface area (Å²) < 4.78 is 29.3. The van der Waals surface area contributed by atoms with Crippen molar-refractivity contribution in [3.8, 4) is 11.4 Å². The van der Waals surface area contributed by atoms with E-state index < -0.39 is 6.98 Å². The summed E-state index contributed by atoms with van der Waals surface area (Å²) in [6.45, 7) is -1.66. The van der Waals surface area contributed by atoms with E-state index in [0.29, 0.717) is 17.9 Å². The van der Waals surface area contributed by atoms with Crippen molar-refractivity contribution in [1.29, 1.82) is 0 Å². The maximum Gasteiger partial charge on any atom is 0.290 e. The molecule has 5 heterocycles. The molecule has 0 spiro atoms. The van der Waals surface area contributed by atoms with Gasteiger partial charge in [-0.15, -0.1) is 0 Å². The van der Waals surface area contributed by atoms with E-state index in [1.165, 1.54) is 4.57 Å². The van der Waals surface area contributed by atoms with E-state index in [0.717, 1.165) is 22.3 Å². The number of nitrogens with zero attached hydrogens (tertiary/aromatic N) is 5. The van der Waals surface area contributed by atoms with Gasteiger partial charge in [0, 0.05) is 30.4 Å². The zero-order valence-corrected chi connectivity index (χ0v) is 10.5. The number of aromatic nitrogens is 5. The Hall–Kier alpha value is -2.69. The second kappa shape index (κ2) is 3.25. The summed E-state index contributed by atoms with van der Waals surface area (Å²) in [5, 5.41) is 0. The molecule has 0 amide bonds. The lowest BCUT2D eigenvalue weighted by Crippen LogP contribution is -2.31. The van der Waals surface area contributed by atoms with Crippen LogP contribution in [-0.2, 0) is 13.5 Å². The number of pyridine rings is 1. The SMILES string of the molecule is [2H]C([2H])([2H])n1c2[n+](c3c1cn1cccnc31)Cc1cnccc1-2. The second-order valence-corrected chi connectivity index (χ2v) is 4.99. The standard InChI is InChI=1S/C15H12N5/c1-18-12-9-19-6-2-4-17-14(19)13(12)20-8-10-7-16-5-3-11(10)15(18)20/h2-7,9H,8H2,1H3/q+1/i1D3. The van der Waals surface area contributed by atoms with Crippen LogP contribution in [0.1, 0.15) is 9.68 Å². The third-order valence-electron chi connectivity index (χ3n) is 3.94. The van der Waals surface area contributed by atoms with Crippen LogP contribution in [0.5, 0.6) is 0 Å². The fourth-order valence-corrected chi connectivity index (χ4v) is 3.10. The Kier molecular flexibility index (Phi) is 1.27. The molecule has 5 rings (SSSR count). The molecule has 5 nitrogen and oxygen atoms in total. The van der Waals surface area contributed by atoms with Crippen molar-refractivity contribution in [3.05, 3.63) is 48.7 Å². The number of hydrogen-bond acceptors (Lipinski definition) is 2. The molecule has 5 heteroatoms. The average molecular weight is 265 g/mol. The fourth-order valence-electron chi connectivity index (χ4n) is 3.10. The first-order valence-corrected chi connectivity index (χ1v) is 6.39. The van der Waals surface area contributed by atoms with Gasteiger partial charge in [-0.3, -0.25) is 4.98 Å². The lowest BCUT2D eigenvalue weighted by molar-refractivity contribution is -0.645. The minimum atomic E-state index is -2.27. The van der Waals surface area contributed by atoms with Crippen LogP contribution in [0.3, 0.4) is 0 Å². The summed E-state index contributed by atoms with van der Waals surface area (Å²) in [4.78, 5) is 8.59. The normalized spacial score (nSPS) is 15.9. The molecule has 0 N–H and O–H groups in total. The first kappa shape index (κ1) is 7.79. The molecule has 0 fully saturated rings. The molecule has 96 valence electrons. The summed E-state index contributed by atoms with van der Waals surface area (Å²) in [7, 11) is 0. The molecule has 0 aliphatic carbocycles. The molecule has 20 heavy (non-hydrogen) atoms. The minimum absolute atomic E-state index is 0.605. The van der Waals surface area contributed by atoms with Gasteiger partial charge < -0.3 is 4.40 Å². The highest BCUT2D eigenvalue weighted by atomic mass is 15.2. The Bertz CT molecular complexity index is 1090. The van der Waals surface area contributed by atoms with Crippen molar-refractivity contribution >= 4 is 16.7 Å². The number of hydrogen-bond donors (Lipinski definition) is 0. The van der Waals surface area contributed by atoms with E-state index >= 15 is 0 Å². The van der Waals surface area contributed by atoms with Crippen LogP contribution in [0.2, 0.25) is 0 Å². The van der Waals surface area contributed by atoms with Crippen molar-refractivity contribution in [2.75, 3.05) is 0 Å². The average Bonchev–Trinajstić information content (AvgIpc) is 3.12. The summed E-state index contributed by atoms with van der Waals surface area (Å²) in [5.41, 5.74) is 4.21. The topological polar surface area (TPSA) is 39.0 Å². The van der Waals surface area contributed by atoms with E-state index in [1.54, 1.807) is 18.6 Å². The van der Waals surface area contributed by atoms with Gasteiger partial charge in [-0.25, -0.2) is 14.1 Å². The van der Waals surface area contributed by atoms with Gasteiger partial charge in [-0.1, -0.05) is 0 Å². The largest absolute Gasteiger partial charge is 0.300 e. The zero-order valence-electron chi connectivity index (χ0n) is 13.5. The predicted molar refractivity (Wildman–Crippen MR) is 74.2 cm³/mol. The maximum atomic E-state index is 7.99. The predicted octanol–water partition coefficient (Wildman–Crippen LogP) is 1.54. The van der Waals surface area contributed by atoms with Crippen molar-refractivity contribution in [1.82, 2.24) is 18.9 Å². The van der Waals surface area contributed by atoms with Gasteiger partial charge in [-0.2, -0.15) is 0 Å². The van der Waals surface area contributed by atoms with Crippen LogP contribution in [0.15, 0.2) is 43.1 Å². The number of imidazole rings is 1. The first-order valence-electron chi connectivity index (χ1n) is 7.89. The molecular formula is C15H12N5+. The quantitative estimate of drug-likeness (QED) is 0.398. The summed E-state index contributed by atoms with van der Waals surface area (Å²) in [5.74, 6) is 0.695. The monoisotopic (exact) mass is 265 g/mol. The molecule has 0 radical (unpaired) electrons. The molecule has 0 bridgehead atoms. The highest BCUT2D eigenvalue weighted by Crippen LogP contribution is 2.31. The Labute approximate surface area is 119 Å². The third-order valence-corrected chi connectivity index (χ3v) is 3.94. The fraction of sp³-hybridized carbons (Fsp3) is 0.133. The van der Waals surface area contributed by atoms with E-state index in [9.17, 15) is 0 Å². The lowest BCUT2D eigenvalue weighted by atomic mass is 10.2. The molecule has 0 aromatic carbocycles. The minimum Gasteiger partial charge on any atom is -0.300 e. The van der Waals surface area contributed by atoms with E-state index in [-0.39, 0.29) is 0 Å². The summed E-state index contributed by atoms with van der Waals surface area (Å²) in [6, 6.07) is 3.70. The second-order valence-electron chi connectivity index (χ2n) is 4.99. The zero-order chi connectivity index (χ0) is 15.8. The smallest absolute Gasteiger partial charge is 0.290 e. The van der Waals surface area contributed by atoms with Gasteiger partial charge in [0.15, 0.2) is 11.2 Å². The molecule has 4 aromatic rings. The Morgan fingerprint density at radius 1 is 1.40 bits per heavy atom. The van der Waals surface area contributed by atoms with Gasteiger partial charge in [0.05, 0.1) is 22.8 Å². The third kappa shape index (κ3) is 1.02. The van der Waals surface area contributed by atoms with Crippen molar-refractivity contribution < 1.29 is 8.68 Å². The van der Waals surface area contributed by atoms with Crippen LogP contribution in [0, 0.1) is 0 Å². The van der Waals surface area contributed by atoms with Crippen molar-refractivity contribution in [2.24, 2.45) is 6.98 Å². The highest BCUT2D eigenvalue weighted by Gasteiger charge is 2.34. The lowest BCUT2D eigenvalue weighted by Gasteiger charge is -1.94. The molecule has 0 unspecified atom stereocenters. The molecule has 1 aliphatic heterocycles. The number of rotatable bonds is 0. The van der Waals surface area contributed by atoms with E-state index in [2.05, 4.69) is 9.97 Å². The van der Waals surface area contributed by atoms with E-state index in [4.69, 9.17) is 4.11 Å². The maximum absolute atomic E-state index is 7.99. The van der Waals surface area contributed by atoms with Gasteiger partial charge in [0.25, 0.3) is 5.82 Å². The molecule has 1 aliphatic rings. The van der Waals surface area contributed by atoms with Gasteiger partial charge in [-0.05, 0) is 12.1 Å². The Balaban J connectivity index is 2.01. The van der Waals surface area contributed by atoms with Crippen LogP contribution in [-0.4, -0.2) is 18.9 Å². The molecule has 0 saturated carbocycles. The first-order chi connectivity index (χ1) is 11.1. The Morgan fingerprint density at radius 2 is 2.40 bits per heavy atom. The van der Waals surface area contributed by atoms with Gasteiger partial charge in [0.1, 0.15) is 6.54 Å². The molecule has 4 aromatic heterocycles. The molecular weight excluding hydrogens is 250 g/mol. The molecule has 0 saturated heterocycles. The summed E-state index contributed by atoms with van der Waals surface area (Å²) >= 11 is 0. The van der Waals surface area contributed by atoms with Crippen LogP contribution >= 0.6 is 0 Å². The van der Waals surface area contributed by atoms with Gasteiger partial charge >= 0.3 is 0 Å². The van der Waals surface area contributed by atoms with Crippen LogP contribution in [0.4, 0.5) is 0 Å². The Morgan fingerprint density at radius 3 is 3.35 bits per heavy atom. The van der Waals surface area contributed by atoms with Crippen molar-refractivity contribution in [3.63, 3.8) is 0 Å². The van der Waals surface area contributed by atoms with Gasteiger partial charge in [0.2, 0.25) is 5.52 Å². The number of aryl methyl sites for hydroxylation is 1. The molecule has 0 atom stereocenters. The van der Waals surface area contributed by atoms with Crippen LogP contribution < -0.4 is 4.57 Å².